The summed E-state index contributed by atoms with van der Waals surface area (Å²) >= 11 is 6.13. The van der Waals surface area contributed by atoms with Crippen molar-refractivity contribution in [1.29, 1.82) is 0 Å². The molecule has 0 saturated carbocycles. The standard InChI is InChI=1S/C16H18ClNO/c1-11-8-13-6-7-14(9-11)18(13)16(19)10-12-4-2-3-5-15(12)17/h2-5,13-14H,1,6-10H2. The van der Waals surface area contributed by atoms with Crippen LogP contribution >= 0.6 is 11.6 Å². The van der Waals surface area contributed by atoms with Crippen molar-refractivity contribution in [3.63, 3.8) is 0 Å². The molecule has 2 atom stereocenters. The maximum Gasteiger partial charge on any atom is 0.227 e. The predicted molar refractivity (Wildman–Crippen MR) is 77.2 cm³/mol. The second kappa shape index (κ2) is 5.01. The Morgan fingerprint density at radius 2 is 1.89 bits per heavy atom. The van der Waals surface area contributed by atoms with Crippen molar-refractivity contribution in [3.05, 3.63) is 47.0 Å². The number of fused-ring (bicyclic) bond motifs is 2. The van der Waals surface area contributed by atoms with E-state index in [1.165, 1.54) is 5.57 Å². The van der Waals surface area contributed by atoms with E-state index in [4.69, 9.17) is 11.6 Å². The van der Waals surface area contributed by atoms with Gasteiger partial charge < -0.3 is 4.90 Å². The van der Waals surface area contributed by atoms with Crippen LogP contribution in [0.4, 0.5) is 0 Å². The number of halogens is 1. The van der Waals surface area contributed by atoms with Crippen LogP contribution < -0.4 is 0 Å². The third-order valence-corrected chi connectivity index (χ3v) is 4.62. The van der Waals surface area contributed by atoms with Crippen molar-refractivity contribution in [1.82, 2.24) is 4.90 Å². The molecule has 2 heterocycles. The molecule has 1 aromatic rings. The molecule has 2 fully saturated rings. The molecule has 1 amide bonds. The van der Waals surface area contributed by atoms with E-state index in [2.05, 4.69) is 11.5 Å². The van der Waals surface area contributed by atoms with E-state index in [1.807, 2.05) is 24.3 Å². The van der Waals surface area contributed by atoms with Crippen molar-refractivity contribution in [2.24, 2.45) is 0 Å². The number of carbonyl (C=O) groups excluding carboxylic acids is 1. The molecule has 2 saturated heterocycles. The molecule has 0 aliphatic carbocycles. The van der Waals surface area contributed by atoms with Crippen LogP contribution in [0.25, 0.3) is 0 Å². The largest absolute Gasteiger partial charge is 0.336 e. The quantitative estimate of drug-likeness (QED) is 0.756. The number of carbonyl (C=O) groups is 1. The molecule has 2 aliphatic rings. The average molecular weight is 276 g/mol. The minimum atomic E-state index is 0.216. The smallest absolute Gasteiger partial charge is 0.227 e. The van der Waals surface area contributed by atoms with Gasteiger partial charge >= 0.3 is 0 Å². The maximum absolute atomic E-state index is 12.5. The fourth-order valence-corrected chi connectivity index (χ4v) is 3.62. The first-order chi connectivity index (χ1) is 9.15. The molecule has 0 N–H and O–H groups in total. The third-order valence-electron chi connectivity index (χ3n) is 4.26. The Kier molecular flexibility index (Phi) is 3.36. The Hall–Kier alpha value is -1.28. The van der Waals surface area contributed by atoms with E-state index < -0.39 is 0 Å². The Balaban J connectivity index is 1.75. The monoisotopic (exact) mass is 275 g/mol. The summed E-state index contributed by atoms with van der Waals surface area (Å²) in [6.45, 7) is 4.09. The highest BCUT2D eigenvalue weighted by atomic mass is 35.5. The van der Waals surface area contributed by atoms with Gasteiger partial charge in [0.05, 0.1) is 6.42 Å². The number of rotatable bonds is 2. The van der Waals surface area contributed by atoms with Crippen molar-refractivity contribution in [3.8, 4) is 0 Å². The molecule has 0 spiro atoms. The normalized spacial score (nSPS) is 25.7. The first-order valence-electron chi connectivity index (χ1n) is 6.86. The molecule has 100 valence electrons. The van der Waals surface area contributed by atoms with Crippen LogP contribution in [-0.4, -0.2) is 22.9 Å². The van der Waals surface area contributed by atoms with Gasteiger partial charge in [-0.05, 0) is 37.3 Å². The van der Waals surface area contributed by atoms with Crippen LogP contribution in [0.15, 0.2) is 36.4 Å². The highest BCUT2D eigenvalue weighted by molar-refractivity contribution is 6.31. The van der Waals surface area contributed by atoms with E-state index in [0.29, 0.717) is 23.5 Å². The summed E-state index contributed by atoms with van der Waals surface area (Å²) in [5.74, 6) is 0.216. The molecule has 2 aliphatic heterocycles. The molecule has 1 aromatic carbocycles. The fourth-order valence-electron chi connectivity index (χ4n) is 3.41. The number of benzene rings is 1. The second-order valence-electron chi connectivity index (χ2n) is 5.61. The number of hydrogen-bond acceptors (Lipinski definition) is 1. The summed E-state index contributed by atoms with van der Waals surface area (Å²) in [7, 11) is 0. The lowest BCUT2D eigenvalue weighted by Crippen LogP contribution is -2.45. The van der Waals surface area contributed by atoms with E-state index in [1.54, 1.807) is 0 Å². The summed E-state index contributed by atoms with van der Waals surface area (Å²) in [4.78, 5) is 14.6. The lowest BCUT2D eigenvalue weighted by molar-refractivity contribution is -0.134. The van der Waals surface area contributed by atoms with E-state index in [0.717, 1.165) is 31.2 Å². The summed E-state index contributed by atoms with van der Waals surface area (Å²) in [5.41, 5.74) is 2.23. The molecule has 2 unspecified atom stereocenters. The van der Waals surface area contributed by atoms with Crippen molar-refractivity contribution in [2.75, 3.05) is 0 Å². The Morgan fingerprint density at radius 1 is 1.26 bits per heavy atom. The van der Waals surface area contributed by atoms with Gasteiger partial charge in [0.2, 0.25) is 5.91 Å². The third kappa shape index (κ3) is 2.42. The molecule has 3 rings (SSSR count). The van der Waals surface area contributed by atoms with Gasteiger partial charge in [0, 0.05) is 17.1 Å². The highest BCUT2D eigenvalue weighted by Crippen LogP contribution is 2.38. The molecular formula is C16H18ClNO. The minimum absolute atomic E-state index is 0.216. The molecule has 2 bridgehead atoms. The molecule has 0 radical (unpaired) electrons. The number of piperidine rings is 1. The minimum Gasteiger partial charge on any atom is -0.336 e. The van der Waals surface area contributed by atoms with Gasteiger partial charge in [-0.25, -0.2) is 0 Å². The fraction of sp³-hybridized carbons (Fsp3) is 0.438. The Morgan fingerprint density at radius 3 is 2.53 bits per heavy atom. The van der Waals surface area contributed by atoms with Gasteiger partial charge in [0.25, 0.3) is 0 Å². The van der Waals surface area contributed by atoms with Crippen LogP contribution in [0.5, 0.6) is 0 Å². The van der Waals surface area contributed by atoms with Crippen LogP contribution in [0.1, 0.15) is 31.2 Å². The van der Waals surface area contributed by atoms with Crippen LogP contribution in [0.3, 0.4) is 0 Å². The topological polar surface area (TPSA) is 20.3 Å². The van der Waals surface area contributed by atoms with Gasteiger partial charge in [-0.15, -0.1) is 0 Å². The van der Waals surface area contributed by atoms with E-state index in [-0.39, 0.29) is 5.91 Å². The molecule has 2 nitrogen and oxygen atoms in total. The van der Waals surface area contributed by atoms with Gasteiger partial charge in [0.1, 0.15) is 0 Å². The lowest BCUT2D eigenvalue weighted by Gasteiger charge is -2.36. The zero-order valence-electron chi connectivity index (χ0n) is 10.9. The first kappa shape index (κ1) is 12.7. The van der Waals surface area contributed by atoms with E-state index in [9.17, 15) is 4.79 Å². The summed E-state index contributed by atoms with van der Waals surface area (Å²) < 4.78 is 0. The molecule has 19 heavy (non-hydrogen) atoms. The second-order valence-corrected chi connectivity index (χ2v) is 6.02. The molecule has 0 aromatic heterocycles. The summed E-state index contributed by atoms with van der Waals surface area (Å²) in [5, 5.41) is 0.685. The number of amides is 1. The zero-order valence-corrected chi connectivity index (χ0v) is 11.7. The van der Waals surface area contributed by atoms with Gasteiger partial charge in [0.15, 0.2) is 0 Å². The van der Waals surface area contributed by atoms with Crippen LogP contribution in [-0.2, 0) is 11.2 Å². The molecular weight excluding hydrogens is 258 g/mol. The Labute approximate surface area is 119 Å². The first-order valence-corrected chi connectivity index (χ1v) is 7.24. The van der Waals surface area contributed by atoms with Crippen LogP contribution in [0, 0.1) is 0 Å². The highest BCUT2D eigenvalue weighted by Gasteiger charge is 2.40. The van der Waals surface area contributed by atoms with Crippen LogP contribution in [0.2, 0.25) is 5.02 Å². The van der Waals surface area contributed by atoms with Crippen molar-refractivity contribution in [2.45, 2.75) is 44.2 Å². The zero-order chi connectivity index (χ0) is 13.4. The Bertz CT molecular complexity index is 509. The SMILES string of the molecule is C=C1CC2CCC(C1)N2C(=O)Cc1ccccc1Cl. The van der Waals surface area contributed by atoms with Crippen molar-refractivity contribution < 1.29 is 4.79 Å². The van der Waals surface area contributed by atoms with Gasteiger partial charge in [-0.1, -0.05) is 42.0 Å². The van der Waals surface area contributed by atoms with E-state index >= 15 is 0 Å². The van der Waals surface area contributed by atoms with Gasteiger partial charge in [-0.3, -0.25) is 4.79 Å². The van der Waals surface area contributed by atoms with Gasteiger partial charge in [-0.2, -0.15) is 0 Å². The number of hydrogen-bond donors (Lipinski definition) is 0. The van der Waals surface area contributed by atoms with Crippen molar-refractivity contribution >= 4 is 17.5 Å². The predicted octanol–water partition coefficient (Wildman–Crippen LogP) is 3.59. The summed E-state index contributed by atoms with van der Waals surface area (Å²) in [6, 6.07) is 8.36. The lowest BCUT2D eigenvalue weighted by atomic mass is 9.97. The maximum atomic E-state index is 12.5. The molecule has 3 heteroatoms. The summed E-state index contributed by atoms with van der Waals surface area (Å²) in [6.07, 6.45) is 4.62. The average Bonchev–Trinajstić information content (AvgIpc) is 2.65. The number of nitrogens with zero attached hydrogens (tertiary/aromatic N) is 1.